The summed E-state index contributed by atoms with van der Waals surface area (Å²) in [6.45, 7) is 4.48. The number of hydrogen-bond acceptors (Lipinski definition) is 0. The predicted octanol–water partition coefficient (Wildman–Crippen LogP) is 4.88. The van der Waals surface area contributed by atoms with Crippen molar-refractivity contribution in [3.8, 4) is 0 Å². The molecule has 2 aliphatic carbocycles. The van der Waals surface area contributed by atoms with Crippen molar-refractivity contribution in [1.29, 1.82) is 0 Å². The summed E-state index contributed by atoms with van der Waals surface area (Å²) < 4.78 is 0. The smallest absolute Gasteiger partial charge is 0.160 e. The van der Waals surface area contributed by atoms with Gasteiger partial charge in [0.2, 0.25) is 0 Å². The molecule has 2 rings (SSSR count). The Morgan fingerprint density at radius 3 is 2.40 bits per heavy atom. The van der Waals surface area contributed by atoms with Gasteiger partial charge in [-0.15, -0.1) is 0 Å². The Labute approximate surface area is 99.1 Å². The van der Waals surface area contributed by atoms with Crippen LogP contribution in [-0.4, -0.2) is 7.38 Å². The Kier molecular flexibility index (Phi) is 3.41. The Hall–Kier alpha value is -0.0131. The van der Waals surface area contributed by atoms with Crippen LogP contribution in [0.5, 0.6) is 0 Å². The van der Waals surface area contributed by atoms with Crippen molar-refractivity contribution in [1.82, 2.24) is 0 Å². The molecule has 0 amide bonds. The molecule has 2 heteroatoms. The van der Waals surface area contributed by atoms with Crippen LogP contribution in [0.4, 0.5) is 0 Å². The van der Waals surface area contributed by atoms with E-state index in [1.807, 2.05) is 0 Å². The van der Waals surface area contributed by atoms with Crippen molar-refractivity contribution < 1.29 is 0 Å². The fraction of sp³-hybridized carbons (Fsp3) is 0.692. The molecule has 0 nitrogen and oxygen atoms in total. The molecular weight excluding hydrogens is 220 g/mol. The van der Waals surface area contributed by atoms with Crippen LogP contribution in [0.3, 0.4) is 0 Å². The topological polar surface area (TPSA) is 0 Å². The zero-order chi connectivity index (χ0) is 10.9. The van der Waals surface area contributed by atoms with Crippen LogP contribution in [0.25, 0.3) is 0 Å². The molecule has 2 aliphatic rings. The van der Waals surface area contributed by atoms with E-state index in [1.165, 1.54) is 32.1 Å². The highest BCUT2D eigenvalue weighted by Crippen LogP contribution is 2.39. The monoisotopic (exact) mass is 240 g/mol. The SMILES string of the molecule is C[Si](C)(Cl)C1C=CC(C2CCCCC2)=C1. The quantitative estimate of drug-likeness (QED) is 0.477. The van der Waals surface area contributed by atoms with Gasteiger partial charge < -0.3 is 0 Å². The fourth-order valence-electron chi connectivity index (χ4n) is 2.67. The summed E-state index contributed by atoms with van der Waals surface area (Å²) in [5.41, 5.74) is 2.15. The third-order valence-electron chi connectivity index (χ3n) is 3.74. The highest BCUT2D eigenvalue weighted by atomic mass is 35.6. The van der Waals surface area contributed by atoms with Gasteiger partial charge in [-0.1, -0.05) is 50.6 Å². The fourth-order valence-corrected chi connectivity index (χ4v) is 4.22. The van der Waals surface area contributed by atoms with E-state index < -0.39 is 7.38 Å². The summed E-state index contributed by atoms with van der Waals surface area (Å²) in [6, 6.07) is 0. The zero-order valence-corrected chi connectivity index (χ0v) is 11.6. The molecule has 0 aromatic rings. The van der Waals surface area contributed by atoms with E-state index >= 15 is 0 Å². The first kappa shape index (κ1) is 11.5. The van der Waals surface area contributed by atoms with Gasteiger partial charge in [-0.05, 0) is 24.3 Å². The average Bonchev–Trinajstić information content (AvgIpc) is 2.67. The maximum atomic E-state index is 6.49. The maximum Gasteiger partial charge on any atom is 0.160 e. The number of allylic oxidation sites excluding steroid dienone is 4. The van der Waals surface area contributed by atoms with Crippen LogP contribution >= 0.6 is 11.1 Å². The van der Waals surface area contributed by atoms with Crippen molar-refractivity contribution in [2.75, 3.05) is 0 Å². The van der Waals surface area contributed by atoms with Crippen LogP contribution in [-0.2, 0) is 0 Å². The van der Waals surface area contributed by atoms with E-state index in [0.29, 0.717) is 5.54 Å². The maximum absolute atomic E-state index is 6.49. The Balaban J connectivity index is 2.03. The van der Waals surface area contributed by atoms with Crippen molar-refractivity contribution in [2.45, 2.75) is 50.7 Å². The van der Waals surface area contributed by atoms with Gasteiger partial charge in [0.25, 0.3) is 0 Å². The largest absolute Gasteiger partial charge is 0.167 e. The summed E-state index contributed by atoms with van der Waals surface area (Å²) in [7, 11) is -1.52. The van der Waals surface area contributed by atoms with Gasteiger partial charge in [0.1, 0.15) is 0 Å². The second-order valence-electron chi connectivity index (χ2n) is 5.45. The third kappa shape index (κ3) is 2.76. The van der Waals surface area contributed by atoms with Gasteiger partial charge in [-0.2, -0.15) is 11.1 Å². The highest BCUT2D eigenvalue weighted by molar-refractivity contribution is 7.20. The molecule has 0 aromatic carbocycles. The molecule has 1 unspecified atom stereocenters. The molecule has 0 bridgehead atoms. The van der Waals surface area contributed by atoms with Crippen LogP contribution < -0.4 is 0 Å². The molecule has 1 atom stereocenters. The van der Waals surface area contributed by atoms with Gasteiger partial charge in [0.05, 0.1) is 0 Å². The molecule has 1 fully saturated rings. The lowest BCUT2D eigenvalue weighted by molar-refractivity contribution is 0.408. The van der Waals surface area contributed by atoms with Crippen LogP contribution in [0.2, 0.25) is 18.6 Å². The summed E-state index contributed by atoms with van der Waals surface area (Å²) >= 11 is 6.49. The van der Waals surface area contributed by atoms with E-state index in [2.05, 4.69) is 31.3 Å². The molecule has 0 N–H and O–H groups in total. The lowest BCUT2D eigenvalue weighted by Gasteiger charge is -2.22. The first-order valence-corrected chi connectivity index (χ1v) is 10.2. The third-order valence-corrected chi connectivity index (χ3v) is 6.44. The zero-order valence-electron chi connectivity index (χ0n) is 9.80. The van der Waals surface area contributed by atoms with Crippen molar-refractivity contribution in [3.63, 3.8) is 0 Å². The minimum atomic E-state index is -1.52. The summed E-state index contributed by atoms with van der Waals surface area (Å²) in [5.74, 6) is 0.841. The van der Waals surface area contributed by atoms with E-state index in [9.17, 15) is 0 Å². The van der Waals surface area contributed by atoms with E-state index in [0.717, 1.165) is 5.92 Å². The van der Waals surface area contributed by atoms with Gasteiger partial charge in [-0.25, -0.2) is 0 Å². The molecule has 1 saturated carbocycles. The first-order chi connectivity index (χ1) is 7.07. The molecule has 0 radical (unpaired) electrons. The number of rotatable bonds is 2. The predicted molar refractivity (Wildman–Crippen MR) is 70.9 cm³/mol. The minimum Gasteiger partial charge on any atom is -0.167 e. The molecule has 0 saturated heterocycles. The summed E-state index contributed by atoms with van der Waals surface area (Å²) in [5, 5.41) is 0. The lowest BCUT2D eigenvalue weighted by atomic mass is 9.84. The minimum absolute atomic E-state index is 0.566. The van der Waals surface area contributed by atoms with E-state index in [1.54, 1.807) is 5.57 Å². The first-order valence-electron chi connectivity index (χ1n) is 6.16. The second-order valence-corrected chi connectivity index (χ2v) is 12.2. The lowest BCUT2D eigenvalue weighted by Crippen LogP contribution is -2.21. The molecule has 15 heavy (non-hydrogen) atoms. The van der Waals surface area contributed by atoms with Gasteiger partial charge in [-0.3, -0.25) is 0 Å². The Morgan fingerprint density at radius 1 is 1.20 bits per heavy atom. The van der Waals surface area contributed by atoms with E-state index in [4.69, 9.17) is 11.1 Å². The summed E-state index contributed by atoms with van der Waals surface area (Å²) in [6.07, 6.45) is 14.2. The molecular formula is C13H21ClSi. The van der Waals surface area contributed by atoms with Crippen molar-refractivity contribution in [3.05, 3.63) is 23.8 Å². The van der Waals surface area contributed by atoms with Crippen LogP contribution in [0, 0.1) is 5.92 Å². The Bertz CT molecular complexity index is 279. The molecule has 0 aliphatic heterocycles. The molecule has 0 aromatic heterocycles. The highest BCUT2D eigenvalue weighted by Gasteiger charge is 2.30. The van der Waals surface area contributed by atoms with Gasteiger partial charge >= 0.3 is 0 Å². The molecule has 0 heterocycles. The molecule has 84 valence electrons. The van der Waals surface area contributed by atoms with Gasteiger partial charge in [0.15, 0.2) is 7.38 Å². The number of halogens is 1. The van der Waals surface area contributed by atoms with E-state index in [-0.39, 0.29) is 0 Å². The van der Waals surface area contributed by atoms with Crippen molar-refractivity contribution >= 4 is 18.5 Å². The van der Waals surface area contributed by atoms with Crippen molar-refractivity contribution in [2.24, 2.45) is 5.92 Å². The standard InChI is InChI=1S/C13H21ClSi/c1-15(2,14)13-9-8-12(10-13)11-6-4-3-5-7-11/h8-11,13H,3-7H2,1-2H3. The average molecular weight is 241 g/mol. The van der Waals surface area contributed by atoms with Crippen LogP contribution in [0.1, 0.15) is 32.1 Å². The number of hydrogen-bond donors (Lipinski definition) is 0. The van der Waals surface area contributed by atoms with Gasteiger partial charge in [0, 0.05) is 5.54 Å². The normalized spacial score (nSPS) is 28.2. The summed E-state index contributed by atoms with van der Waals surface area (Å²) in [4.78, 5) is 0. The Morgan fingerprint density at radius 2 is 1.87 bits per heavy atom. The molecule has 0 spiro atoms. The van der Waals surface area contributed by atoms with Crippen LogP contribution in [0.15, 0.2) is 23.8 Å². The second kappa shape index (κ2) is 4.46.